The molecule has 0 fully saturated rings. The molecular weight excluding hydrogens is 386 g/mol. The van der Waals surface area contributed by atoms with Crippen molar-refractivity contribution in [2.24, 2.45) is 14.1 Å². The first kappa shape index (κ1) is 21.6. The van der Waals surface area contributed by atoms with Crippen LogP contribution in [0.2, 0.25) is 0 Å². The Bertz CT molecular complexity index is 972. The lowest BCUT2D eigenvalue weighted by atomic mass is 10.4. The van der Waals surface area contributed by atoms with E-state index >= 15 is 0 Å². The number of anilines is 1. The predicted octanol–water partition coefficient (Wildman–Crippen LogP) is 0.893. The van der Waals surface area contributed by atoms with Crippen LogP contribution in [-0.2, 0) is 33.7 Å². The quantitative estimate of drug-likeness (QED) is 0.645. The standard InChI is InChI=1S/C17H25N5O5S/c1-6-22(7-2)28(25,26)13-9-14(20(4)10-13)17(24)27-11-16(23)18-15-8-12(3)19-21(15)5/h8-10H,6-7,11H2,1-5H3,(H,18,23). The maximum Gasteiger partial charge on any atom is 0.355 e. The second kappa shape index (κ2) is 8.57. The van der Waals surface area contributed by atoms with E-state index in [-0.39, 0.29) is 10.6 Å². The third kappa shape index (κ3) is 4.60. The summed E-state index contributed by atoms with van der Waals surface area (Å²) in [7, 11) is -0.480. The van der Waals surface area contributed by atoms with Crippen LogP contribution in [0.15, 0.2) is 23.2 Å². The summed E-state index contributed by atoms with van der Waals surface area (Å²) >= 11 is 0. The van der Waals surface area contributed by atoms with Crippen LogP contribution >= 0.6 is 0 Å². The van der Waals surface area contributed by atoms with E-state index in [0.717, 1.165) is 5.69 Å². The Morgan fingerprint density at radius 2 is 1.86 bits per heavy atom. The molecule has 2 heterocycles. The van der Waals surface area contributed by atoms with Crippen molar-refractivity contribution in [2.45, 2.75) is 25.7 Å². The number of sulfonamides is 1. The number of carbonyl (C=O) groups excluding carboxylic acids is 2. The second-order valence-electron chi connectivity index (χ2n) is 6.18. The number of hydrogen-bond acceptors (Lipinski definition) is 6. The Morgan fingerprint density at radius 3 is 2.39 bits per heavy atom. The molecule has 2 aromatic heterocycles. The maximum atomic E-state index is 12.6. The van der Waals surface area contributed by atoms with Gasteiger partial charge in [0.05, 0.1) is 5.69 Å². The number of hydrogen-bond donors (Lipinski definition) is 1. The first-order valence-corrected chi connectivity index (χ1v) is 10.2. The lowest BCUT2D eigenvalue weighted by Crippen LogP contribution is -2.30. The van der Waals surface area contributed by atoms with Gasteiger partial charge in [0, 0.05) is 39.4 Å². The molecule has 0 aliphatic rings. The summed E-state index contributed by atoms with van der Waals surface area (Å²) in [6.07, 6.45) is 1.35. The highest BCUT2D eigenvalue weighted by molar-refractivity contribution is 7.89. The van der Waals surface area contributed by atoms with Crippen molar-refractivity contribution >= 4 is 27.7 Å². The van der Waals surface area contributed by atoms with Crippen molar-refractivity contribution in [3.8, 4) is 0 Å². The van der Waals surface area contributed by atoms with E-state index in [9.17, 15) is 18.0 Å². The number of esters is 1. The van der Waals surface area contributed by atoms with Crippen LogP contribution in [0.5, 0.6) is 0 Å². The summed E-state index contributed by atoms with van der Waals surface area (Å²) in [5.74, 6) is -0.841. The number of ether oxygens (including phenoxy) is 1. The number of rotatable bonds is 8. The summed E-state index contributed by atoms with van der Waals surface area (Å²) < 4.78 is 34.3. The van der Waals surface area contributed by atoms with Gasteiger partial charge in [0.25, 0.3) is 5.91 Å². The van der Waals surface area contributed by atoms with Gasteiger partial charge in [-0.05, 0) is 13.0 Å². The highest BCUT2D eigenvalue weighted by atomic mass is 32.2. The molecule has 2 rings (SSSR count). The molecule has 0 saturated heterocycles. The smallest absolute Gasteiger partial charge is 0.355 e. The molecule has 0 unspecified atom stereocenters. The topological polar surface area (TPSA) is 116 Å². The molecule has 1 amide bonds. The molecule has 0 bridgehead atoms. The molecule has 0 radical (unpaired) electrons. The van der Waals surface area contributed by atoms with Crippen LogP contribution in [0.4, 0.5) is 5.82 Å². The fraction of sp³-hybridized carbons (Fsp3) is 0.471. The number of nitrogens with zero attached hydrogens (tertiary/aromatic N) is 4. The van der Waals surface area contributed by atoms with Gasteiger partial charge < -0.3 is 14.6 Å². The molecule has 0 aliphatic carbocycles. The summed E-state index contributed by atoms with van der Waals surface area (Å²) in [6, 6.07) is 2.93. The molecular formula is C17H25N5O5S. The van der Waals surface area contributed by atoms with Crippen LogP contribution in [-0.4, -0.2) is 58.6 Å². The van der Waals surface area contributed by atoms with E-state index in [1.165, 1.54) is 32.9 Å². The summed E-state index contributed by atoms with van der Waals surface area (Å²) in [5, 5.41) is 6.69. The highest BCUT2D eigenvalue weighted by Crippen LogP contribution is 2.19. The zero-order valence-corrected chi connectivity index (χ0v) is 17.4. The van der Waals surface area contributed by atoms with Crippen LogP contribution in [0.3, 0.4) is 0 Å². The van der Waals surface area contributed by atoms with Gasteiger partial charge >= 0.3 is 5.97 Å². The average molecular weight is 411 g/mol. The molecule has 11 heteroatoms. The van der Waals surface area contributed by atoms with Crippen molar-refractivity contribution in [1.82, 2.24) is 18.7 Å². The molecule has 0 aromatic carbocycles. The molecule has 0 spiro atoms. The van der Waals surface area contributed by atoms with Gasteiger partial charge in [-0.15, -0.1) is 0 Å². The van der Waals surface area contributed by atoms with Gasteiger partial charge in [-0.3, -0.25) is 9.48 Å². The predicted molar refractivity (Wildman–Crippen MR) is 102 cm³/mol. The minimum absolute atomic E-state index is 0.000427. The van der Waals surface area contributed by atoms with Gasteiger partial charge in [0.2, 0.25) is 10.0 Å². The third-order valence-electron chi connectivity index (χ3n) is 4.14. The molecule has 0 aliphatic heterocycles. The van der Waals surface area contributed by atoms with Gasteiger partial charge in [0.15, 0.2) is 6.61 Å². The fourth-order valence-corrected chi connectivity index (χ4v) is 4.23. The summed E-state index contributed by atoms with van der Waals surface area (Å²) in [4.78, 5) is 24.3. The van der Waals surface area contributed by atoms with E-state index in [1.54, 1.807) is 33.9 Å². The molecule has 0 saturated carbocycles. The SMILES string of the molecule is CCN(CC)S(=O)(=O)c1cc(C(=O)OCC(=O)Nc2cc(C)nn2C)n(C)c1. The van der Waals surface area contributed by atoms with Crippen molar-refractivity contribution < 1.29 is 22.7 Å². The van der Waals surface area contributed by atoms with Crippen molar-refractivity contribution in [3.63, 3.8) is 0 Å². The van der Waals surface area contributed by atoms with Gasteiger partial charge in [0.1, 0.15) is 16.4 Å². The zero-order valence-electron chi connectivity index (χ0n) is 16.6. The van der Waals surface area contributed by atoms with E-state index in [2.05, 4.69) is 10.4 Å². The number of carbonyl (C=O) groups is 2. The Balaban J connectivity index is 2.06. The number of amides is 1. The lowest BCUT2D eigenvalue weighted by molar-refractivity contribution is -0.119. The third-order valence-corrected chi connectivity index (χ3v) is 6.15. The Labute approximate surface area is 164 Å². The Hall–Kier alpha value is -2.66. The van der Waals surface area contributed by atoms with E-state index in [1.807, 2.05) is 0 Å². The van der Waals surface area contributed by atoms with E-state index in [0.29, 0.717) is 18.9 Å². The summed E-state index contributed by atoms with van der Waals surface area (Å²) in [5.41, 5.74) is 0.774. The molecule has 28 heavy (non-hydrogen) atoms. The second-order valence-corrected chi connectivity index (χ2v) is 8.12. The lowest BCUT2D eigenvalue weighted by Gasteiger charge is -2.17. The minimum atomic E-state index is -3.70. The Kier molecular flexibility index (Phi) is 6.62. The van der Waals surface area contributed by atoms with Gasteiger partial charge in [-0.25, -0.2) is 13.2 Å². The van der Waals surface area contributed by atoms with Crippen molar-refractivity contribution in [2.75, 3.05) is 25.0 Å². The first-order chi connectivity index (χ1) is 13.1. The van der Waals surface area contributed by atoms with E-state index in [4.69, 9.17) is 4.74 Å². The maximum absolute atomic E-state index is 12.6. The number of aromatic nitrogens is 3. The van der Waals surface area contributed by atoms with E-state index < -0.39 is 28.5 Å². The van der Waals surface area contributed by atoms with Crippen molar-refractivity contribution in [1.29, 1.82) is 0 Å². The van der Waals surface area contributed by atoms with Crippen LogP contribution < -0.4 is 5.32 Å². The van der Waals surface area contributed by atoms with Gasteiger partial charge in [-0.1, -0.05) is 13.8 Å². The fourth-order valence-electron chi connectivity index (χ4n) is 2.70. The van der Waals surface area contributed by atoms with Crippen molar-refractivity contribution in [3.05, 3.63) is 29.7 Å². The Morgan fingerprint density at radius 1 is 1.21 bits per heavy atom. The molecule has 2 aromatic rings. The monoisotopic (exact) mass is 411 g/mol. The van der Waals surface area contributed by atoms with Crippen LogP contribution in [0, 0.1) is 6.92 Å². The van der Waals surface area contributed by atoms with Crippen LogP contribution in [0.25, 0.3) is 0 Å². The average Bonchev–Trinajstić information content (AvgIpc) is 3.16. The highest BCUT2D eigenvalue weighted by Gasteiger charge is 2.26. The minimum Gasteiger partial charge on any atom is -0.451 e. The molecule has 10 nitrogen and oxygen atoms in total. The van der Waals surface area contributed by atoms with Crippen LogP contribution in [0.1, 0.15) is 30.0 Å². The molecule has 1 N–H and O–H groups in total. The zero-order chi connectivity index (χ0) is 21.1. The summed E-state index contributed by atoms with van der Waals surface area (Å²) in [6.45, 7) is 5.40. The molecule has 154 valence electrons. The first-order valence-electron chi connectivity index (χ1n) is 8.74. The van der Waals surface area contributed by atoms with Gasteiger partial charge in [-0.2, -0.15) is 9.40 Å². The largest absolute Gasteiger partial charge is 0.451 e. The molecule has 0 atom stereocenters. The number of nitrogens with one attached hydrogen (secondary N) is 1. The normalized spacial score (nSPS) is 11.6. The number of aryl methyl sites for hydroxylation is 3.